The highest BCUT2D eigenvalue weighted by Gasteiger charge is 2.18. The number of halogens is 1. The van der Waals surface area contributed by atoms with Crippen molar-refractivity contribution in [3.05, 3.63) is 17.5 Å². The van der Waals surface area contributed by atoms with Gasteiger partial charge in [0.2, 0.25) is 0 Å². The molecule has 0 aliphatic heterocycles. The van der Waals surface area contributed by atoms with Crippen LogP contribution in [0.4, 0.5) is 0 Å². The number of aryl methyl sites for hydroxylation is 2. The molecule has 1 heterocycles. The third-order valence-electron chi connectivity index (χ3n) is 2.92. The summed E-state index contributed by atoms with van der Waals surface area (Å²) in [5, 5.41) is 4.41. The molecule has 0 aliphatic carbocycles. The van der Waals surface area contributed by atoms with E-state index in [1.165, 1.54) is 0 Å². The van der Waals surface area contributed by atoms with E-state index in [0.717, 1.165) is 31.6 Å². The number of carbonyl (C=O) groups is 1. The average molecular weight is 316 g/mol. The molecule has 102 valence electrons. The van der Waals surface area contributed by atoms with Crippen LogP contribution >= 0.6 is 15.9 Å². The van der Waals surface area contributed by atoms with Gasteiger partial charge in [-0.05, 0) is 25.8 Å². The predicted molar refractivity (Wildman–Crippen MR) is 77.2 cm³/mol. The Bertz CT molecular complexity index is 401. The second kappa shape index (κ2) is 6.92. The van der Waals surface area contributed by atoms with Gasteiger partial charge in [0.25, 0.3) is 5.91 Å². The monoisotopic (exact) mass is 315 g/mol. The lowest BCUT2D eigenvalue weighted by Crippen LogP contribution is -2.30. The standard InChI is InChI=1S/C13H22BrN3O/c1-5-11-9-12(17(6-2)15-11)13(18)16(4)8-7-10(3)14/h9-10H,5-8H2,1-4H3. The summed E-state index contributed by atoms with van der Waals surface area (Å²) in [6, 6.07) is 1.90. The van der Waals surface area contributed by atoms with Gasteiger partial charge in [0.05, 0.1) is 5.69 Å². The molecule has 1 unspecified atom stereocenters. The van der Waals surface area contributed by atoms with Gasteiger partial charge in [-0.15, -0.1) is 0 Å². The third kappa shape index (κ3) is 3.83. The van der Waals surface area contributed by atoms with Crippen LogP contribution in [-0.4, -0.2) is 39.0 Å². The average Bonchev–Trinajstić information content (AvgIpc) is 2.78. The van der Waals surface area contributed by atoms with E-state index in [1.807, 2.05) is 27.0 Å². The number of amides is 1. The molecule has 1 rings (SSSR count). The van der Waals surface area contributed by atoms with Crippen molar-refractivity contribution in [2.45, 2.75) is 45.0 Å². The number of aromatic nitrogens is 2. The summed E-state index contributed by atoms with van der Waals surface area (Å²) in [6.45, 7) is 7.62. The Labute approximate surface area is 117 Å². The van der Waals surface area contributed by atoms with Crippen LogP contribution in [0.2, 0.25) is 0 Å². The minimum absolute atomic E-state index is 0.0530. The van der Waals surface area contributed by atoms with Gasteiger partial charge in [0.15, 0.2) is 0 Å². The molecule has 0 saturated carbocycles. The van der Waals surface area contributed by atoms with E-state index >= 15 is 0 Å². The van der Waals surface area contributed by atoms with Crippen molar-refractivity contribution >= 4 is 21.8 Å². The van der Waals surface area contributed by atoms with Crippen LogP contribution < -0.4 is 0 Å². The Kier molecular flexibility index (Phi) is 5.85. The molecule has 0 N–H and O–H groups in total. The first-order valence-corrected chi connectivity index (χ1v) is 7.37. The molecule has 0 fully saturated rings. The number of rotatable bonds is 6. The third-order valence-corrected chi connectivity index (χ3v) is 3.38. The summed E-state index contributed by atoms with van der Waals surface area (Å²) >= 11 is 3.50. The van der Waals surface area contributed by atoms with Gasteiger partial charge in [-0.2, -0.15) is 5.10 Å². The van der Waals surface area contributed by atoms with Gasteiger partial charge >= 0.3 is 0 Å². The number of carbonyl (C=O) groups excluding carboxylic acids is 1. The maximum atomic E-state index is 12.3. The zero-order valence-electron chi connectivity index (χ0n) is 11.6. The quantitative estimate of drug-likeness (QED) is 0.757. The molecule has 1 atom stereocenters. The van der Waals surface area contributed by atoms with Gasteiger partial charge in [0, 0.05) is 25.0 Å². The van der Waals surface area contributed by atoms with Crippen LogP contribution in [0.3, 0.4) is 0 Å². The SMILES string of the molecule is CCc1cc(C(=O)N(C)CCC(C)Br)n(CC)n1. The van der Waals surface area contributed by atoms with Gasteiger partial charge in [-0.1, -0.05) is 29.8 Å². The zero-order chi connectivity index (χ0) is 13.7. The Balaban J connectivity index is 2.79. The largest absolute Gasteiger partial charge is 0.340 e. The molecule has 0 spiro atoms. The second-order valence-electron chi connectivity index (χ2n) is 4.49. The van der Waals surface area contributed by atoms with Crippen LogP contribution in [0.5, 0.6) is 0 Å². The molecular weight excluding hydrogens is 294 g/mol. The summed E-state index contributed by atoms with van der Waals surface area (Å²) in [4.78, 5) is 14.5. The molecule has 5 heteroatoms. The first kappa shape index (κ1) is 15.2. The smallest absolute Gasteiger partial charge is 0.271 e. The lowest BCUT2D eigenvalue weighted by atomic mass is 10.2. The highest BCUT2D eigenvalue weighted by Crippen LogP contribution is 2.10. The van der Waals surface area contributed by atoms with Crippen LogP contribution in [0.15, 0.2) is 6.07 Å². The maximum Gasteiger partial charge on any atom is 0.271 e. The van der Waals surface area contributed by atoms with Crippen molar-refractivity contribution in [1.82, 2.24) is 14.7 Å². The van der Waals surface area contributed by atoms with E-state index < -0.39 is 0 Å². The predicted octanol–water partition coefficient (Wildman–Crippen LogP) is 2.71. The van der Waals surface area contributed by atoms with E-state index in [2.05, 4.69) is 28.0 Å². The molecule has 4 nitrogen and oxygen atoms in total. The van der Waals surface area contributed by atoms with E-state index in [-0.39, 0.29) is 5.91 Å². The molecule has 18 heavy (non-hydrogen) atoms. The minimum Gasteiger partial charge on any atom is -0.340 e. The molecular formula is C13H22BrN3O. The maximum absolute atomic E-state index is 12.3. The number of nitrogens with zero attached hydrogens (tertiary/aromatic N) is 3. The molecule has 0 radical (unpaired) electrons. The fourth-order valence-electron chi connectivity index (χ4n) is 1.72. The summed E-state index contributed by atoms with van der Waals surface area (Å²) in [5.74, 6) is 0.0530. The lowest BCUT2D eigenvalue weighted by molar-refractivity contribution is 0.0782. The van der Waals surface area contributed by atoms with Crippen molar-refractivity contribution < 1.29 is 4.79 Å². The van der Waals surface area contributed by atoms with Crippen molar-refractivity contribution in [3.8, 4) is 0 Å². The Morgan fingerprint density at radius 3 is 2.72 bits per heavy atom. The molecule has 0 aromatic carbocycles. The van der Waals surface area contributed by atoms with Crippen LogP contribution in [-0.2, 0) is 13.0 Å². The number of hydrogen-bond donors (Lipinski definition) is 0. The van der Waals surface area contributed by atoms with Crippen molar-refractivity contribution in [2.75, 3.05) is 13.6 Å². The first-order valence-electron chi connectivity index (χ1n) is 6.45. The van der Waals surface area contributed by atoms with Gasteiger partial charge in [0.1, 0.15) is 5.69 Å². The highest BCUT2D eigenvalue weighted by atomic mass is 79.9. The zero-order valence-corrected chi connectivity index (χ0v) is 13.2. The minimum atomic E-state index is 0.0530. The lowest BCUT2D eigenvalue weighted by Gasteiger charge is -2.18. The van der Waals surface area contributed by atoms with Gasteiger partial charge in [-0.25, -0.2) is 0 Å². The van der Waals surface area contributed by atoms with E-state index in [4.69, 9.17) is 0 Å². The number of alkyl halides is 1. The highest BCUT2D eigenvalue weighted by molar-refractivity contribution is 9.09. The fraction of sp³-hybridized carbons (Fsp3) is 0.692. The normalized spacial score (nSPS) is 12.5. The van der Waals surface area contributed by atoms with Crippen molar-refractivity contribution in [3.63, 3.8) is 0 Å². The molecule has 0 saturated heterocycles. The number of hydrogen-bond acceptors (Lipinski definition) is 2. The summed E-state index contributed by atoms with van der Waals surface area (Å²) in [7, 11) is 1.84. The van der Waals surface area contributed by atoms with Gasteiger partial charge < -0.3 is 4.90 Å². The summed E-state index contributed by atoms with van der Waals surface area (Å²) in [5.41, 5.74) is 1.67. The Morgan fingerprint density at radius 1 is 1.56 bits per heavy atom. The van der Waals surface area contributed by atoms with E-state index in [1.54, 1.807) is 9.58 Å². The van der Waals surface area contributed by atoms with Gasteiger partial charge in [-0.3, -0.25) is 9.48 Å². The molecule has 0 aliphatic rings. The first-order chi connectivity index (χ1) is 8.49. The molecule has 0 bridgehead atoms. The summed E-state index contributed by atoms with van der Waals surface area (Å²) in [6.07, 6.45) is 1.80. The molecule has 1 aromatic rings. The van der Waals surface area contributed by atoms with Crippen LogP contribution in [0.1, 0.15) is 43.4 Å². The van der Waals surface area contributed by atoms with E-state index in [9.17, 15) is 4.79 Å². The molecule has 1 amide bonds. The van der Waals surface area contributed by atoms with Crippen molar-refractivity contribution in [1.29, 1.82) is 0 Å². The topological polar surface area (TPSA) is 38.1 Å². The van der Waals surface area contributed by atoms with Crippen LogP contribution in [0, 0.1) is 0 Å². The second-order valence-corrected chi connectivity index (χ2v) is 6.05. The molecule has 1 aromatic heterocycles. The summed E-state index contributed by atoms with van der Waals surface area (Å²) < 4.78 is 1.79. The van der Waals surface area contributed by atoms with E-state index in [0.29, 0.717) is 10.5 Å². The van der Waals surface area contributed by atoms with Crippen molar-refractivity contribution in [2.24, 2.45) is 0 Å². The fourth-order valence-corrected chi connectivity index (χ4v) is 1.93. The Hall–Kier alpha value is -0.840. The van der Waals surface area contributed by atoms with Crippen LogP contribution in [0.25, 0.3) is 0 Å². The Morgan fingerprint density at radius 2 is 2.22 bits per heavy atom.